The van der Waals surface area contributed by atoms with Crippen molar-refractivity contribution in [2.75, 3.05) is 20.1 Å². The van der Waals surface area contributed by atoms with Gasteiger partial charge in [-0.05, 0) is 38.1 Å². The smallest absolute Gasteiger partial charge is 0.240 e. The first-order valence-electron chi connectivity index (χ1n) is 7.23. The minimum absolute atomic E-state index is 0.144. The lowest BCUT2D eigenvalue weighted by Crippen LogP contribution is -2.37. The number of hydrogen-bond donors (Lipinski definition) is 1. The van der Waals surface area contributed by atoms with Gasteiger partial charge < -0.3 is 4.90 Å². The molecule has 0 bridgehead atoms. The van der Waals surface area contributed by atoms with Crippen LogP contribution >= 0.6 is 0 Å². The van der Waals surface area contributed by atoms with Crippen LogP contribution < -0.4 is 4.72 Å². The molecule has 1 saturated carbocycles. The molecule has 21 heavy (non-hydrogen) atoms. The van der Waals surface area contributed by atoms with Crippen molar-refractivity contribution in [3.05, 3.63) is 29.8 Å². The summed E-state index contributed by atoms with van der Waals surface area (Å²) in [5, 5.41) is 8.83. The van der Waals surface area contributed by atoms with E-state index in [-0.39, 0.29) is 4.90 Å². The fourth-order valence-corrected chi connectivity index (χ4v) is 3.77. The Labute approximate surface area is 126 Å². The zero-order chi connectivity index (χ0) is 15.3. The van der Waals surface area contributed by atoms with Crippen LogP contribution in [-0.4, -0.2) is 39.5 Å². The Kier molecular flexibility index (Phi) is 5.34. The molecular formula is C15H21N3O2S. The van der Waals surface area contributed by atoms with Gasteiger partial charge in [-0.1, -0.05) is 18.9 Å². The molecule has 0 saturated heterocycles. The maximum Gasteiger partial charge on any atom is 0.240 e. The second kappa shape index (κ2) is 7.03. The third-order valence-corrected chi connectivity index (χ3v) is 5.44. The van der Waals surface area contributed by atoms with Gasteiger partial charge in [0.1, 0.15) is 0 Å². The Balaban J connectivity index is 1.90. The Morgan fingerprint density at radius 3 is 2.76 bits per heavy atom. The van der Waals surface area contributed by atoms with Crippen molar-refractivity contribution in [2.45, 2.75) is 36.6 Å². The van der Waals surface area contributed by atoms with Gasteiger partial charge in [-0.25, -0.2) is 13.1 Å². The summed E-state index contributed by atoms with van der Waals surface area (Å²) < 4.78 is 26.9. The number of nitrogens with zero attached hydrogens (tertiary/aromatic N) is 2. The molecule has 114 valence electrons. The number of benzene rings is 1. The Morgan fingerprint density at radius 2 is 2.10 bits per heavy atom. The topological polar surface area (TPSA) is 73.2 Å². The highest BCUT2D eigenvalue weighted by atomic mass is 32.2. The summed E-state index contributed by atoms with van der Waals surface area (Å²) in [4.78, 5) is 2.37. The number of rotatable bonds is 6. The first-order chi connectivity index (χ1) is 10.0. The minimum Gasteiger partial charge on any atom is -0.302 e. The van der Waals surface area contributed by atoms with Crippen LogP contribution in [0.4, 0.5) is 0 Å². The summed E-state index contributed by atoms with van der Waals surface area (Å²) in [5.74, 6) is 0. The maximum absolute atomic E-state index is 12.2. The van der Waals surface area contributed by atoms with Gasteiger partial charge in [0, 0.05) is 19.1 Å². The van der Waals surface area contributed by atoms with Crippen LogP contribution in [0.3, 0.4) is 0 Å². The highest BCUT2D eigenvalue weighted by Gasteiger charge is 2.20. The van der Waals surface area contributed by atoms with E-state index in [0.29, 0.717) is 24.7 Å². The number of nitriles is 1. The number of hydrogen-bond acceptors (Lipinski definition) is 4. The van der Waals surface area contributed by atoms with Crippen molar-refractivity contribution in [1.29, 1.82) is 5.26 Å². The predicted molar refractivity (Wildman–Crippen MR) is 81.2 cm³/mol. The molecule has 1 aliphatic carbocycles. The van der Waals surface area contributed by atoms with Gasteiger partial charge in [0.25, 0.3) is 0 Å². The number of likely N-dealkylation sites (N-methyl/N-ethyl adjacent to an activating group) is 1. The Bertz CT molecular complexity index is 616. The van der Waals surface area contributed by atoms with Crippen LogP contribution in [0, 0.1) is 11.3 Å². The Hall–Kier alpha value is -1.42. The monoisotopic (exact) mass is 307 g/mol. The summed E-state index contributed by atoms with van der Waals surface area (Å²) in [5.41, 5.74) is 0.348. The number of sulfonamides is 1. The first-order valence-corrected chi connectivity index (χ1v) is 8.71. The molecule has 0 amide bonds. The average Bonchev–Trinajstić information content (AvgIpc) is 3.01. The van der Waals surface area contributed by atoms with Gasteiger partial charge >= 0.3 is 0 Å². The van der Waals surface area contributed by atoms with Crippen LogP contribution in [0.25, 0.3) is 0 Å². The molecule has 1 N–H and O–H groups in total. The van der Waals surface area contributed by atoms with Gasteiger partial charge in [-0.15, -0.1) is 0 Å². The van der Waals surface area contributed by atoms with E-state index in [1.807, 2.05) is 13.1 Å². The molecule has 1 fully saturated rings. The molecule has 0 atom stereocenters. The van der Waals surface area contributed by atoms with Crippen molar-refractivity contribution in [3.8, 4) is 6.07 Å². The van der Waals surface area contributed by atoms with E-state index in [9.17, 15) is 8.42 Å². The lowest BCUT2D eigenvalue weighted by Gasteiger charge is -2.23. The highest BCUT2D eigenvalue weighted by Crippen LogP contribution is 2.21. The van der Waals surface area contributed by atoms with Crippen molar-refractivity contribution in [3.63, 3.8) is 0 Å². The van der Waals surface area contributed by atoms with Gasteiger partial charge in [-0.2, -0.15) is 5.26 Å². The first kappa shape index (κ1) is 16.0. The average molecular weight is 307 g/mol. The molecule has 1 aromatic rings. The van der Waals surface area contributed by atoms with E-state index in [1.165, 1.54) is 37.8 Å². The SMILES string of the molecule is CN(CCNS(=O)(=O)c1cccc(C#N)c1)C1CCCC1. The predicted octanol–water partition coefficient (Wildman–Crippen LogP) is 1.71. The summed E-state index contributed by atoms with van der Waals surface area (Å²) in [7, 11) is -1.50. The fraction of sp³-hybridized carbons (Fsp3) is 0.533. The van der Waals surface area contributed by atoms with Crippen molar-refractivity contribution in [2.24, 2.45) is 0 Å². The molecule has 1 aliphatic rings. The van der Waals surface area contributed by atoms with Gasteiger partial charge in [0.2, 0.25) is 10.0 Å². The Morgan fingerprint density at radius 1 is 1.38 bits per heavy atom. The molecule has 1 aromatic carbocycles. The van der Waals surface area contributed by atoms with Crippen molar-refractivity contribution in [1.82, 2.24) is 9.62 Å². The molecule has 0 spiro atoms. The minimum atomic E-state index is -3.54. The van der Waals surface area contributed by atoms with Gasteiger partial charge in [-0.3, -0.25) is 0 Å². The standard InChI is InChI=1S/C15H21N3O2S/c1-18(14-6-2-3-7-14)10-9-17-21(19,20)15-8-4-5-13(11-15)12-16/h4-5,8,11,14,17H,2-3,6-7,9-10H2,1H3. The number of nitrogens with one attached hydrogen (secondary N) is 1. The normalized spacial score (nSPS) is 16.2. The van der Waals surface area contributed by atoms with E-state index in [1.54, 1.807) is 12.1 Å². The van der Waals surface area contributed by atoms with Crippen molar-refractivity contribution >= 4 is 10.0 Å². The summed E-state index contributed by atoms with van der Waals surface area (Å²) >= 11 is 0. The van der Waals surface area contributed by atoms with Crippen molar-refractivity contribution < 1.29 is 8.42 Å². The van der Waals surface area contributed by atoms with Gasteiger partial charge in [0.05, 0.1) is 16.5 Å². The molecule has 0 aliphatic heterocycles. The second-order valence-corrected chi connectivity index (χ2v) is 7.22. The largest absolute Gasteiger partial charge is 0.302 e. The molecular weight excluding hydrogens is 286 g/mol. The molecule has 2 rings (SSSR count). The van der Waals surface area contributed by atoms with Crippen LogP contribution in [0.15, 0.2) is 29.2 Å². The van der Waals surface area contributed by atoms with Crippen LogP contribution in [0.1, 0.15) is 31.2 Å². The molecule has 0 unspecified atom stereocenters. The van der Waals surface area contributed by atoms with E-state index < -0.39 is 10.0 Å². The molecule has 5 nitrogen and oxygen atoms in total. The zero-order valence-electron chi connectivity index (χ0n) is 12.2. The fourth-order valence-electron chi connectivity index (χ4n) is 2.70. The lowest BCUT2D eigenvalue weighted by atomic mass is 10.2. The second-order valence-electron chi connectivity index (χ2n) is 5.46. The molecule has 6 heteroatoms. The zero-order valence-corrected chi connectivity index (χ0v) is 13.1. The van der Waals surface area contributed by atoms with E-state index >= 15 is 0 Å². The molecule has 0 heterocycles. The van der Waals surface area contributed by atoms with Gasteiger partial charge in [0.15, 0.2) is 0 Å². The summed E-state index contributed by atoms with van der Waals surface area (Å²) in [6.07, 6.45) is 4.93. The van der Waals surface area contributed by atoms with E-state index in [2.05, 4.69) is 9.62 Å². The third-order valence-electron chi connectivity index (χ3n) is 3.98. The molecule has 0 aromatic heterocycles. The highest BCUT2D eigenvalue weighted by molar-refractivity contribution is 7.89. The molecule has 0 radical (unpaired) electrons. The van der Waals surface area contributed by atoms with Crippen LogP contribution in [0.2, 0.25) is 0 Å². The summed E-state index contributed by atoms with van der Waals surface area (Å²) in [6, 6.07) is 8.60. The van der Waals surface area contributed by atoms with E-state index in [4.69, 9.17) is 5.26 Å². The summed E-state index contributed by atoms with van der Waals surface area (Å²) in [6.45, 7) is 1.08. The van der Waals surface area contributed by atoms with Crippen LogP contribution in [0.5, 0.6) is 0 Å². The lowest BCUT2D eigenvalue weighted by molar-refractivity contribution is 0.250. The van der Waals surface area contributed by atoms with E-state index in [0.717, 1.165) is 0 Å². The third kappa shape index (κ3) is 4.27. The van der Waals surface area contributed by atoms with Crippen LogP contribution in [-0.2, 0) is 10.0 Å². The maximum atomic E-state index is 12.2. The quantitative estimate of drug-likeness (QED) is 0.868.